The number of hydrogen-bond acceptors (Lipinski definition) is 4. The van der Waals surface area contributed by atoms with Crippen LogP contribution >= 0.6 is 0 Å². The maximum Gasteiger partial charge on any atom is 0.260 e. The van der Waals surface area contributed by atoms with E-state index in [9.17, 15) is 4.79 Å². The Bertz CT molecular complexity index is 372. The zero-order valence-electron chi connectivity index (χ0n) is 9.59. The standard InChI is InChI=1S/C12H16N2O3/c13-10-1-3-11(4-2-10)17-9-12(15)14-5-7-16-8-6-14/h1-4H,5-9,13H2. The van der Waals surface area contributed by atoms with Crippen LogP contribution in [0.1, 0.15) is 0 Å². The van der Waals surface area contributed by atoms with E-state index in [0.29, 0.717) is 37.7 Å². The molecule has 92 valence electrons. The highest BCUT2D eigenvalue weighted by molar-refractivity contribution is 5.77. The van der Waals surface area contributed by atoms with Gasteiger partial charge in [0, 0.05) is 18.8 Å². The second-order valence-corrected chi connectivity index (χ2v) is 3.85. The van der Waals surface area contributed by atoms with Crippen LogP contribution in [-0.4, -0.2) is 43.7 Å². The Balaban J connectivity index is 1.81. The van der Waals surface area contributed by atoms with E-state index >= 15 is 0 Å². The molecule has 0 aromatic heterocycles. The Hall–Kier alpha value is -1.75. The lowest BCUT2D eigenvalue weighted by Gasteiger charge is -2.26. The number of amides is 1. The van der Waals surface area contributed by atoms with E-state index in [1.165, 1.54) is 0 Å². The average Bonchev–Trinajstić information content (AvgIpc) is 2.39. The van der Waals surface area contributed by atoms with Gasteiger partial charge in [-0.05, 0) is 24.3 Å². The molecule has 2 N–H and O–H groups in total. The van der Waals surface area contributed by atoms with Gasteiger partial charge in [-0.2, -0.15) is 0 Å². The van der Waals surface area contributed by atoms with E-state index in [1.54, 1.807) is 29.2 Å². The Morgan fingerprint density at radius 1 is 1.29 bits per heavy atom. The number of benzene rings is 1. The average molecular weight is 236 g/mol. The van der Waals surface area contributed by atoms with Gasteiger partial charge < -0.3 is 20.1 Å². The number of nitrogens with two attached hydrogens (primary N) is 1. The monoisotopic (exact) mass is 236 g/mol. The highest BCUT2D eigenvalue weighted by atomic mass is 16.5. The van der Waals surface area contributed by atoms with Crippen LogP contribution in [0.15, 0.2) is 24.3 Å². The van der Waals surface area contributed by atoms with Gasteiger partial charge in [-0.15, -0.1) is 0 Å². The van der Waals surface area contributed by atoms with Gasteiger partial charge in [0.15, 0.2) is 6.61 Å². The van der Waals surface area contributed by atoms with Gasteiger partial charge in [0.05, 0.1) is 13.2 Å². The molecule has 1 amide bonds. The molecule has 0 atom stereocenters. The molecule has 0 aliphatic carbocycles. The molecule has 1 fully saturated rings. The summed E-state index contributed by atoms with van der Waals surface area (Å²) in [7, 11) is 0. The number of ether oxygens (including phenoxy) is 2. The van der Waals surface area contributed by atoms with Crippen molar-refractivity contribution in [3.8, 4) is 5.75 Å². The summed E-state index contributed by atoms with van der Waals surface area (Å²) < 4.78 is 10.6. The Labute approximate surface area is 100 Å². The van der Waals surface area contributed by atoms with E-state index in [2.05, 4.69) is 0 Å². The number of carbonyl (C=O) groups is 1. The van der Waals surface area contributed by atoms with Crippen molar-refractivity contribution in [2.75, 3.05) is 38.6 Å². The molecule has 1 aliphatic heterocycles. The number of morpholine rings is 1. The molecule has 1 aromatic carbocycles. The quantitative estimate of drug-likeness (QED) is 0.776. The predicted octanol–water partition coefficient (Wildman–Crippen LogP) is 0.506. The second kappa shape index (κ2) is 5.54. The van der Waals surface area contributed by atoms with E-state index in [1.807, 2.05) is 0 Å². The van der Waals surface area contributed by atoms with Crippen LogP contribution in [0.3, 0.4) is 0 Å². The summed E-state index contributed by atoms with van der Waals surface area (Å²) in [5, 5.41) is 0. The summed E-state index contributed by atoms with van der Waals surface area (Å²) in [5.74, 6) is 0.644. The molecule has 1 aliphatic rings. The highest BCUT2D eigenvalue weighted by Gasteiger charge is 2.16. The minimum absolute atomic E-state index is 0.00914. The Kier molecular flexibility index (Phi) is 3.82. The third-order valence-corrected chi connectivity index (χ3v) is 2.61. The van der Waals surface area contributed by atoms with Crippen LogP contribution in [0, 0.1) is 0 Å². The van der Waals surface area contributed by atoms with Crippen molar-refractivity contribution < 1.29 is 14.3 Å². The van der Waals surface area contributed by atoms with Gasteiger partial charge in [0.25, 0.3) is 5.91 Å². The minimum atomic E-state index is -0.00914. The van der Waals surface area contributed by atoms with Gasteiger partial charge in [0.2, 0.25) is 0 Å². The molecule has 17 heavy (non-hydrogen) atoms. The molecule has 0 spiro atoms. The molecule has 0 unspecified atom stereocenters. The summed E-state index contributed by atoms with van der Waals surface area (Å²) in [6, 6.07) is 6.99. The molecule has 0 saturated carbocycles. The normalized spacial score (nSPS) is 15.6. The van der Waals surface area contributed by atoms with Gasteiger partial charge in [-0.25, -0.2) is 0 Å². The SMILES string of the molecule is Nc1ccc(OCC(=O)N2CCOCC2)cc1. The first-order chi connectivity index (χ1) is 8.25. The zero-order valence-corrected chi connectivity index (χ0v) is 9.59. The molecule has 0 radical (unpaired) electrons. The van der Waals surface area contributed by atoms with Crippen LogP contribution in [0.4, 0.5) is 5.69 Å². The highest BCUT2D eigenvalue weighted by Crippen LogP contribution is 2.13. The number of anilines is 1. The lowest BCUT2D eigenvalue weighted by molar-refractivity contribution is -0.137. The van der Waals surface area contributed by atoms with E-state index in [0.717, 1.165) is 0 Å². The molecule has 0 bridgehead atoms. The molecule has 5 heteroatoms. The lowest BCUT2D eigenvalue weighted by Crippen LogP contribution is -2.42. The zero-order chi connectivity index (χ0) is 12.1. The number of rotatable bonds is 3. The fourth-order valence-corrected chi connectivity index (χ4v) is 1.61. The van der Waals surface area contributed by atoms with Crippen LogP contribution in [0.5, 0.6) is 5.75 Å². The molecule has 1 saturated heterocycles. The van der Waals surface area contributed by atoms with Crippen LogP contribution in [0.2, 0.25) is 0 Å². The van der Waals surface area contributed by atoms with E-state index in [-0.39, 0.29) is 12.5 Å². The Morgan fingerprint density at radius 3 is 2.59 bits per heavy atom. The fraction of sp³-hybridized carbons (Fsp3) is 0.417. The number of nitrogen functional groups attached to an aromatic ring is 1. The van der Waals surface area contributed by atoms with Gasteiger partial charge in [0.1, 0.15) is 5.75 Å². The summed E-state index contributed by atoms with van der Waals surface area (Å²) >= 11 is 0. The van der Waals surface area contributed by atoms with Crippen LogP contribution < -0.4 is 10.5 Å². The molecule has 1 aromatic rings. The van der Waals surface area contributed by atoms with E-state index < -0.39 is 0 Å². The first kappa shape index (κ1) is 11.7. The molecule has 1 heterocycles. The van der Waals surface area contributed by atoms with Crippen molar-refractivity contribution in [1.29, 1.82) is 0 Å². The maximum absolute atomic E-state index is 11.8. The number of carbonyl (C=O) groups excluding carboxylic acids is 1. The summed E-state index contributed by atoms with van der Waals surface area (Å²) in [6.07, 6.45) is 0. The number of nitrogens with zero attached hydrogens (tertiary/aromatic N) is 1. The molecule has 5 nitrogen and oxygen atoms in total. The van der Waals surface area contributed by atoms with Crippen LogP contribution in [0.25, 0.3) is 0 Å². The van der Waals surface area contributed by atoms with Crippen molar-refractivity contribution in [2.45, 2.75) is 0 Å². The topological polar surface area (TPSA) is 64.8 Å². The van der Waals surface area contributed by atoms with E-state index in [4.69, 9.17) is 15.2 Å². The molecular weight excluding hydrogens is 220 g/mol. The van der Waals surface area contributed by atoms with Gasteiger partial charge in [-0.3, -0.25) is 4.79 Å². The lowest BCUT2D eigenvalue weighted by atomic mass is 10.3. The number of hydrogen-bond donors (Lipinski definition) is 1. The van der Waals surface area contributed by atoms with Gasteiger partial charge >= 0.3 is 0 Å². The van der Waals surface area contributed by atoms with Crippen molar-refractivity contribution in [3.05, 3.63) is 24.3 Å². The first-order valence-corrected chi connectivity index (χ1v) is 5.59. The fourth-order valence-electron chi connectivity index (χ4n) is 1.61. The third kappa shape index (κ3) is 3.35. The smallest absolute Gasteiger partial charge is 0.260 e. The maximum atomic E-state index is 11.8. The van der Waals surface area contributed by atoms with Crippen molar-refractivity contribution >= 4 is 11.6 Å². The summed E-state index contributed by atoms with van der Waals surface area (Å²) in [4.78, 5) is 13.5. The largest absolute Gasteiger partial charge is 0.484 e. The van der Waals surface area contributed by atoms with Crippen molar-refractivity contribution in [3.63, 3.8) is 0 Å². The van der Waals surface area contributed by atoms with Gasteiger partial charge in [-0.1, -0.05) is 0 Å². The van der Waals surface area contributed by atoms with Crippen molar-refractivity contribution in [2.24, 2.45) is 0 Å². The third-order valence-electron chi connectivity index (χ3n) is 2.61. The summed E-state index contributed by atoms with van der Waals surface area (Å²) in [5.41, 5.74) is 6.23. The first-order valence-electron chi connectivity index (χ1n) is 5.59. The second-order valence-electron chi connectivity index (χ2n) is 3.85. The summed E-state index contributed by atoms with van der Waals surface area (Å²) in [6.45, 7) is 2.55. The predicted molar refractivity (Wildman–Crippen MR) is 63.7 cm³/mol. The van der Waals surface area contributed by atoms with Crippen LogP contribution in [-0.2, 0) is 9.53 Å². The minimum Gasteiger partial charge on any atom is -0.484 e. The molecular formula is C12H16N2O3. The Morgan fingerprint density at radius 2 is 1.94 bits per heavy atom. The van der Waals surface area contributed by atoms with Crippen molar-refractivity contribution in [1.82, 2.24) is 4.90 Å². The molecule has 2 rings (SSSR count).